The Hall–Kier alpha value is -1.79. The second kappa shape index (κ2) is 8.49. The SMILES string of the molecule is CCNC(=O)CN(CC)C(=O)N1CCCCC1CC(=O)O. The molecule has 7 heteroatoms. The number of aliphatic carboxylic acids is 1. The first-order valence-electron chi connectivity index (χ1n) is 7.53. The third-order valence-electron chi connectivity index (χ3n) is 3.64. The molecule has 0 spiro atoms. The van der Waals surface area contributed by atoms with E-state index in [-0.39, 0.29) is 30.9 Å². The third kappa shape index (κ3) is 5.24. The van der Waals surface area contributed by atoms with Crippen LogP contribution >= 0.6 is 0 Å². The van der Waals surface area contributed by atoms with Gasteiger partial charge in [-0.3, -0.25) is 9.59 Å². The van der Waals surface area contributed by atoms with Crippen LogP contribution in [0.4, 0.5) is 4.79 Å². The van der Waals surface area contributed by atoms with E-state index in [0.29, 0.717) is 26.1 Å². The minimum absolute atomic E-state index is 0.0134. The summed E-state index contributed by atoms with van der Waals surface area (Å²) < 4.78 is 0. The molecule has 0 radical (unpaired) electrons. The first-order valence-corrected chi connectivity index (χ1v) is 7.53. The van der Waals surface area contributed by atoms with Gasteiger partial charge in [0.1, 0.15) is 6.54 Å². The first kappa shape index (κ1) is 17.3. The van der Waals surface area contributed by atoms with E-state index < -0.39 is 5.97 Å². The van der Waals surface area contributed by atoms with Crippen LogP contribution in [0.1, 0.15) is 39.5 Å². The van der Waals surface area contributed by atoms with Crippen molar-refractivity contribution in [1.82, 2.24) is 15.1 Å². The van der Waals surface area contributed by atoms with Gasteiger partial charge in [0.15, 0.2) is 0 Å². The molecule has 1 rings (SSSR count). The number of carbonyl (C=O) groups excluding carboxylic acids is 2. The normalized spacial score (nSPS) is 18.2. The van der Waals surface area contributed by atoms with Crippen molar-refractivity contribution in [2.24, 2.45) is 0 Å². The standard InChI is InChI=1S/C14H25N3O4/c1-3-15-12(18)10-16(4-2)14(21)17-8-6-5-7-11(17)9-13(19)20/h11H,3-10H2,1-2H3,(H,15,18)(H,19,20). The Labute approximate surface area is 125 Å². The Morgan fingerprint density at radius 1 is 1.29 bits per heavy atom. The molecule has 0 bridgehead atoms. The lowest BCUT2D eigenvalue weighted by Crippen LogP contribution is -2.52. The maximum Gasteiger partial charge on any atom is 0.320 e. The molecule has 0 aromatic rings. The highest BCUT2D eigenvalue weighted by atomic mass is 16.4. The summed E-state index contributed by atoms with van der Waals surface area (Å²) in [5.41, 5.74) is 0. The summed E-state index contributed by atoms with van der Waals surface area (Å²) in [6.07, 6.45) is 2.48. The Kier molecular flexibility index (Phi) is 6.98. The fourth-order valence-electron chi connectivity index (χ4n) is 2.59. The first-order chi connectivity index (χ1) is 9.99. The van der Waals surface area contributed by atoms with Gasteiger partial charge in [0.05, 0.1) is 6.42 Å². The number of likely N-dealkylation sites (N-methyl/N-ethyl adjacent to an activating group) is 2. The van der Waals surface area contributed by atoms with Gasteiger partial charge < -0.3 is 20.2 Å². The number of nitrogens with zero attached hydrogens (tertiary/aromatic N) is 2. The van der Waals surface area contributed by atoms with Crippen LogP contribution in [0, 0.1) is 0 Å². The topological polar surface area (TPSA) is 90.0 Å². The van der Waals surface area contributed by atoms with E-state index in [1.807, 2.05) is 13.8 Å². The van der Waals surface area contributed by atoms with E-state index in [1.54, 1.807) is 4.90 Å². The van der Waals surface area contributed by atoms with E-state index in [0.717, 1.165) is 12.8 Å². The molecule has 1 aliphatic rings. The zero-order valence-corrected chi connectivity index (χ0v) is 12.8. The van der Waals surface area contributed by atoms with Gasteiger partial charge in [0, 0.05) is 25.7 Å². The third-order valence-corrected chi connectivity index (χ3v) is 3.64. The molecule has 1 fully saturated rings. The highest BCUT2D eigenvalue weighted by Crippen LogP contribution is 2.21. The molecule has 0 aliphatic carbocycles. The molecule has 0 aromatic heterocycles. The Morgan fingerprint density at radius 2 is 2.00 bits per heavy atom. The fourth-order valence-corrected chi connectivity index (χ4v) is 2.59. The van der Waals surface area contributed by atoms with Crippen LogP contribution in [0.5, 0.6) is 0 Å². The van der Waals surface area contributed by atoms with Crippen LogP contribution in [0.2, 0.25) is 0 Å². The molecule has 1 atom stereocenters. The van der Waals surface area contributed by atoms with Gasteiger partial charge in [0.25, 0.3) is 0 Å². The van der Waals surface area contributed by atoms with Gasteiger partial charge in [-0.25, -0.2) is 4.79 Å². The molecule has 120 valence electrons. The molecule has 0 saturated carbocycles. The van der Waals surface area contributed by atoms with Crippen molar-refractivity contribution in [2.75, 3.05) is 26.2 Å². The number of piperidine rings is 1. The van der Waals surface area contributed by atoms with Crippen molar-refractivity contribution in [1.29, 1.82) is 0 Å². The van der Waals surface area contributed by atoms with Gasteiger partial charge in [-0.1, -0.05) is 0 Å². The van der Waals surface area contributed by atoms with E-state index >= 15 is 0 Å². The molecule has 0 aromatic carbocycles. The zero-order chi connectivity index (χ0) is 15.8. The summed E-state index contributed by atoms with van der Waals surface area (Å²) in [4.78, 5) is 38.2. The van der Waals surface area contributed by atoms with E-state index in [1.165, 1.54) is 4.90 Å². The molecule has 1 saturated heterocycles. The summed E-state index contributed by atoms with van der Waals surface area (Å²) in [6.45, 7) is 5.15. The average Bonchev–Trinajstić information content (AvgIpc) is 2.44. The van der Waals surface area contributed by atoms with Crippen molar-refractivity contribution in [3.8, 4) is 0 Å². The number of carbonyl (C=O) groups is 3. The number of hydrogen-bond acceptors (Lipinski definition) is 3. The van der Waals surface area contributed by atoms with Crippen LogP contribution in [-0.2, 0) is 9.59 Å². The lowest BCUT2D eigenvalue weighted by molar-refractivity contribution is -0.138. The summed E-state index contributed by atoms with van der Waals surface area (Å²) in [5, 5.41) is 11.6. The van der Waals surface area contributed by atoms with Crippen LogP contribution < -0.4 is 5.32 Å². The smallest absolute Gasteiger partial charge is 0.320 e. The largest absolute Gasteiger partial charge is 0.481 e. The van der Waals surface area contributed by atoms with Crippen molar-refractivity contribution < 1.29 is 19.5 Å². The lowest BCUT2D eigenvalue weighted by atomic mass is 10.00. The predicted molar refractivity (Wildman–Crippen MR) is 77.9 cm³/mol. The highest BCUT2D eigenvalue weighted by Gasteiger charge is 2.31. The maximum atomic E-state index is 12.5. The number of amides is 3. The van der Waals surface area contributed by atoms with Gasteiger partial charge in [-0.05, 0) is 33.1 Å². The van der Waals surface area contributed by atoms with Crippen LogP contribution in [0.25, 0.3) is 0 Å². The van der Waals surface area contributed by atoms with Crippen molar-refractivity contribution in [3.63, 3.8) is 0 Å². The molecular weight excluding hydrogens is 274 g/mol. The minimum atomic E-state index is -0.897. The fraction of sp³-hybridized carbons (Fsp3) is 0.786. The van der Waals surface area contributed by atoms with Crippen molar-refractivity contribution in [2.45, 2.75) is 45.6 Å². The molecule has 21 heavy (non-hydrogen) atoms. The second-order valence-corrected chi connectivity index (χ2v) is 5.19. The molecule has 7 nitrogen and oxygen atoms in total. The molecule has 3 amide bonds. The number of urea groups is 1. The van der Waals surface area contributed by atoms with Gasteiger partial charge in [-0.2, -0.15) is 0 Å². The number of nitrogens with one attached hydrogen (secondary N) is 1. The van der Waals surface area contributed by atoms with E-state index in [2.05, 4.69) is 5.32 Å². The summed E-state index contributed by atoms with van der Waals surface area (Å²) in [6, 6.07) is -0.512. The van der Waals surface area contributed by atoms with Crippen molar-refractivity contribution >= 4 is 17.9 Å². The lowest BCUT2D eigenvalue weighted by Gasteiger charge is -2.38. The van der Waals surface area contributed by atoms with Crippen LogP contribution in [0.15, 0.2) is 0 Å². The Bertz CT molecular complexity index is 386. The number of carboxylic acids is 1. The predicted octanol–water partition coefficient (Wildman–Crippen LogP) is 0.894. The highest BCUT2D eigenvalue weighted by molar-refractivity contribution is 5.84. The van der Waals surface area contributed by atoms with E-state index in [4.69, 9.17) is 5.11 Å². The minimum Gasteiger partial charge on any atom is -0.481 e. The quantitative estimate of drug-likeness (QED) is 0.762. The average molecular weight is 299 g/mol. The number of hydrogen-bond donors (Lipinski definition) is 2. The summed E-state index contributed by atoms with van der Waals surface area (Å²) in [7, 11) is 0. The molecule has 2 N–H and O–H groups in total. The van der Waals surface area contributed by atoms with Gasteiger partial charge >= 0.3 is 12.0 Å². The van der Waals surface area contributed by atoms with Gasteiger partial charge in [-0.15, -0.1) is 0 Å². The molecule has 1 aliphatic heterocycles. The summed E-state index contributed by atoms with van der Waals surface area (Å²) >= 11 is 0. The Morgan fingerprint density at radius 3 is 2.57 bits per heavy atom. The van der Waals surface area contributed by atoms with E-state index in [9.17, 15) is 14.4 Å². The van der Waals surface area contributed by atoms with Crippen molar-refractivity contribution in [3.05, 3.63) is 0 Å². The summed E-state index contributed by atoms with van der Waals surface area (Å²) in [5.74, 6) is -1.09. The molecular formula is C14H25N3O4. The number of rotatable bonds is 6. The number of carboxylic acid groups (broad SMARTS) is 1. The molecule has 1 heterocycles. The van der Waals surface area contributed by atoms with Crippen LogP contribution in [0.3, 0.4) is 0 Å². The Balaban J connectivity index is 2.71. The van der Waals surface area contributed by atoms with Gasteiger partial charge in [0.2, 0.25) is 5.91 Å². The zero-order valence-electron chi connectivity index (χ0n) is 12.8. The maximum absolute atomic E-state index is 12.5. The molecule has 1 unspecified atom stereocenters. The van der Waals surface area contributed by atoms with Crippen LogP contribution in [-0.4, -0.2) is 65.0 Å². The number of likely N-dealkylation sites (tertiary alicyclic amines) is 1. The second-order valence-electron chi connectivity index (χ2n) is 5.19. The monoisotopic (exact) mass is 299 g/mol.